The van der Waals surface area contributed by atoms with E-state index in [-0.39, 0.29) is 5.91 Å². The molecule has 6 nitrogen and oxygen atoms in total. The molecule has 3 N–H and O–H groups in total. The molecule has 2 heterocycles. The first-order valence-electron chi connectivity index (χ1n) is 5.73. The maximum absolute atomic E-state index is 12.3. The lowest BCUT2D eigenvalue weighted by Crippen LogP contribution is -2.23. The van der Waals surface area contributed by atoms with Crippen LogP contribution in [0.4, 0.5) is 0 Å². The molecule has 0 fully saturated rings. The zero-order valence-electron chi connectivity index (χ0n) is 10.1. The highest BCUT2D eigenvalue weighted by atomic mass is 79.9. The number of aromatic nitrogens is 4. The molecule has 0 atom stereocenters. The van der Waals surface area contributed by atoms with Crippen LogP contribution >= 0.6 is 31.9 Å². The summed E-state index contributed by atoms with van der Waals surface area (Å²) in [6, 6.07) is 3.63. The number of nitrogens with zero attached hydrogens (tertiary/aromatic N) is 2. The minimum atomic E-state index is -0.190. The third kappa shape index (κ3) is 2.48. The Kier molecular flexibility index (Phi) is 3.58. The van der Waals surface area contributed by atoms with Crippen LogP contribution in [0.25, 0.3) is 11.0 Å². The molecule has 0 radical (unpaired) electrons. The van der Waals surface area contributed by atoms with Crippen LogP contribution in [0.5, 0.6) is 0 Å². The van der Waals surface area contributed by atoms with Gasteiger partial charge in [0.15, 0.2) is 0 Å². The molecule has 2 aromatic heterocycles. The Labute approximate surface area is 130 Å². The summed E-state index contributed by atoms with van der Waals surface area (Å²) in [5.74, 6) is -0.190. The normalized spacial score (nSPS) is 10.9. The Hall–Kier alpha value is -1.67. The van der Waals surface area contributed by atoms with Gasteiger partial charge in [0.25, 0.3) is 5.91 Å². The van der Waals surface area contributed by atoms with E-state index in [0.717, 1.165) is 20.2 Å². The van der Waals surface area contributed by atoms with Gasteiger partial charge in [0.05, 0.1) is 40.3 Å². The fourth-order valence-electron chi connectivity index (χ4n) is 1.87. The summed E-state index contributed by atoms with van der Waals surface area (Å²) in [7, 11) is 0. The average Bonchev–Trinajstić information content (AvgIpc) is 3.03. The smallest absolute Gasteiger partial charge is 0.253 e. The summed E-state index contributed by atoms with van der Waals surface area (Å²) < 4.78 is 1.65. The molecule has 0 saturated heterocycles. The number of hydrogen-bond acceptors (Lipinski definition) is 3. The molecule has 3 rings (SSSR count). The van der Waals surface area contributed by atoms with Crippen LogP contribution in [0.2, 0.25) is 0 Å². The third-order valence-corrected chi connectivity index (χ3v) is 3.97. The van der Waals surface area contributed by atoms with Crippen molar-refractivity contribution in [3.63, 3.8) is 0 Å². The first-order chi connectivity index (χ1) is 9.65. The number of halogens is 2. The molecule has 0 aliphatic carbocycles. The number of hydrogen-bond donors (Lipinski definition) is 3. The van der Waals surface area contributed by atoms with Crippen LogP contribution < -0.4 is 5.32 Å². The number of benzene rings is 1. The Morgan fingerprint density at radius 3 is 2.95 bits per heavy atom. The highest BCUT2D eigenvalue weighted by Gasteiger charge is 2.14. The minimum Gasteiger partial charge on any atom is -0.346 e. The number of amides is 1. The van der Waals surface area contributed by atoms with Crippen molar-refractivity contribution in [1.82, 2.24) is 25.5 Å². The molecule has 0 aliphatic rings. The number of nitrogens with one attached hydrogen (secondary N) is 3. The summed E-state index contributed by atoms with van der Waals surface area (Å²) in [6.45, 7) is 0.359. The van der Waals surface area contributed by atoms with Crippen molar-refractivity contribution >= 4 is 48.8 Å². The largest absolute Gasteiger partial charge is 0.346 e. The first kappa shape index (κ1) is 13.3. The van der Waals surface area contributed by atoms with Crippen LogP contribution in [-0.4, -0.2) is 26.1 Å². The second kappa shape index (κ2) is 5.37. The summed E-state index contributed by atoms with van der Waals surface area (Å²) in [4.78, 5) is 19.4. The van der Waals surface area contributed by atoms with E-state index in [1.165, 1.54) is 0 Å². The van der Waals surface area contributed by atoms with Gasteiger partial charge in [-0.2, -0.15) is 5.10 Å². The number of rotatable bonds is 3. The Balaban J connectivity index is 1.85. The summed E-state index contributed by atoms with van der Waals surface area (Å²) >= 11 is 6.73. The monoisotopic (exact) mass is 397 g/mol. The van der Waals surface area contributed by atoms with Gasteiger partial charge in [-0.15, -0.1) is 0 Å². The van der Waals surface area contributed by atoms with E-state index in [4.69, 9.17) is 0 Å². The van der Waals surface area contributed by atoms with Crippen LogP contribution in [-0.2, 0) is 6.54 Å². The molecule has 0 saturated carbocycles. The van der Waals surface area contributed by atoms with Crippen LogP contribution in [0, 0.1) is 0 Å². The molecule has 1 amide bonds. The van der Waals surface area contributed by atoms with E-state index < -0.39 is 0 Å². The highest BCUT2D eigenvalue weighted by Crippen LogP contribution is 2.22. The van der Waals surface area contributed by atoms with E-state index in [1.807, 2.05) is 6.07 Å². The molecule has 0 unspecified atom stereocenters. The maximum atomic E-state index is 12.3. The van der Waals surface area contributed by atoms with Crippen molar-refractivity contribution in [3.05, 3.63) is 44.9 Å². The molecule has 0 spiro atoms. The number of H-pyrrole nitrogens is 2. The van der Waals surface area contributed by atoms with Gasteiger partial charge in [-0.1, -0.05) is 15.9 Å². The Bertz CT molecular complexity index is 779. The number of aromatic amines is 2. The van der Waals surface area contributed by atoms with Crippen molar-refractivity contribution in [2.45, 2.75) is 6.54 Å². The second-order valence-corrected chi connectivity index (χ2v) is 5.90. The summed E-state index contributed by atoms with van der Waals surface area (Å²) in [5, 5.41) is 9.53. The fourth-order valence-corrected chi connectivity index (χ4v) is 2.66. The van der Waals surface area contributed by atoms with Crippen LogP contribution in [0.1, 0.15) is 16.1 Å². The number of fused-ring (bicyclic) bond motifs is 1. The van der Waals surface area contributed by atoms with E-state index in [2.05, 4.69) is 57.3 Å². The molecule has 102 valence electrons. The van der Waals surface area contributed by atoms with E-state index in [9.17, 15) is 4.79 Å². The third-order valence-electron chi connectivity index (χ3n) is 2.82. The SMILES string of the molecule is O=C(NCc1[nH]ncc1Br)c1cc(Br)cc2[nH]cnc12. The van der Waals surface area contributed by atoms with Gasteiger partial charge in [-0.3, -0.25) is 9.89 Å². The molecule has 0 aliphatic heterocycles. The van der Waals surface area contributed by atoms with E-state index >= 15 is 0 Å². The Morgan fingerprint density at radius 2 is 2.20 bits per heavy atom. The lowest BCUT2D eigenvalue weighted by atomic mass is 10.1. The van der Waals surface area contributed by atoms with Gasteiger partial charge < -0.3 is 10.3 Å². The summed E-state index contributed by atoms with van der Waals surface area (Å²) in [5.41, 5.74) is 2.79. The van der Waals surface area contributed by atoms with Crippen molar-refractivity contribution in [2.24, 2.45) is 0 Å². The topological polar surface area (TPSA) is 86.5 Å². The quantitative estimate of drug-likeness (QED) is 0.633. The molecular formula is C12H9Br2N5O. The predicted molar refractivity (Wildman–Crippen MR) is 81.3 cm³/mol. The van der Waals surface area contributed by atoms with Crippen molar-refractivity contribution < 1.29 is 4.79 Å². The van der Waals surface area contributed by atoms with E-state index in [1.54, 1.807) is 18.6 Å². The molecule has 0 bridgehead atoms. The molecule has 20 heavy (non-hydrogen) atoms. The number of carbonyl (C=O) groups excluding carboxylic acids is 1. The lowest BCUT2D eigenvalue weighted by Gasteiger charge is -2.05. The van der Waals surface area contributed by atoms with Crippen molar-refractivity contribution in [1.29, 1.82) is 0 Å². The lowest BCUT2D eigenvalue weighted by molar-refractivity contribution is 0.0952. The molecule has 8 heteroatoms. The molecular weight excluding hydrogens is 390 g/mol. The van der Waals surface area contributed by atoms with Crippen molar-refractivity contribution in [3.8, 4) is 0 Å². The van der Waals surface area contributed by atoms with Gasteiger partial charge in [0, 0.05) is 4.47 Å². The van der Waals surface area contributed by atoms with Crippen LogP contribution in [0.15, 0.2) is 33.6 Å². The van der Waals surface area contributed by atoms with Crippen molar-refractivity contribution in [2.75, 3.05) is 0 Å². The minimum absolute atomic E-state index is 0.190. The number of imidazole rings is 1. The van der Waals surface area contributed by atoms with Gasteiger partial charge >= 0.3 is 0 Å². The van der Waals surface area contributed by atoms with E-state index in [0.29, 0.717) is 17.6 Å². The number of carbonyl (C=O) groups is 1. The zero-order valence-corrected chi connectivity index (χ0v) is 13.2. The first-order valence-corrected chi connectivity index (χ1v) is 7.32. The van der Waals surface area contributed by atoms with Crippen LogP contribution in [0.3, 0.4) is 0 Å². The average molecular weight is 399 g/mol. The predicted octanol–water partition coefficient (Wildman–Crippen LogP) is 2.74. The highest BCUT2D eigenvalue weighted by molar-refractivity contribution is 9.10. The summed E-state index contributed by atoms with van der Waals surface area (Å²) in [6.07, 6.45) is 3.21. The zero-order chi connectivity index (χ0) is 14.1. The van der Waals surface area contributed by atoms with Gasteiger partial charge in [0.1, 0.15) is 5.52 Å². The maximum Gasteiger partial charge on any atom is 0.253 e. The Morgan fingerprint density at radius 1 is 1.35 bits per heavy atom. The van der Waals surface area contributed by atoms with Gasteiger partial charge in [0.2, 0.25) is 0 Å². The molecule has 3 aromatic rings. The fraction of sp³-hybridized carbons (Fsp3) is 0.0833. The molecule has 1 aromatic carbocycles. The standard InChI is InChI=1S/C12H9Br2N5O/c13-6-1-7(11-9(2-6)16-5-17-11)12(20)15-4-10-8(14)3-18-19-10/h1-3,5H,4H2,(H,15,20)(H,16,17)(H,18,19). The second-order valence-electron chi connectivity index (χ2n) is 4.13. The van der Waals surface area contributed by atoms with Gasteiger partial charge in [-0.25, -0.2) is 4.98 Å². The van der Waals surface area contributed by atoms with Gasteiger partial charge in [-0.05, 0) is 28.1 Å².